The van der Waals surface area contributed by atoms with Crippen molar-refractivity contribution in [3.8, 4) is 6.07 Å². The lowest BCUT2D eigenvalue weighted by atomic mass is 10.1. The van der Waals surface area contributed by atoms with Crippen LogP contribution >= 0.6 is 0 Å². The highest BCUT2D eigenvalue weighted by molar-refractivity contribution is 6.21. The molecule has 1 fully saturated rings. The Bertz CT molecular complexity index is 888. The number of imide groups is 1. The van der Waals surface area contributed by atoms with E-state index in [1.807, 2.05) is 0 Å². The second kappa shape index (κ2) is 5.94. The number of hydrogen-bond acceptors (Lipinski definition) is 3. The van der Waals surface area contributed by atoms with Gasteiger partial charge in [-0.1, -0.05) is 30.3 Å². The van der Waals surface area contributed by atoms with Crippen LogP contribution < -0.4 is 10.2 Å². The molecule has 3 amide bonds. The van der Waals surface area contributed by atoms with Crippen molar-refractivity contribution in [3.63, 3.8) is 0 Å². The molecule has 1 unspecified atom stereocenters. The normalized spacial score (nSPS) is 17.4. The lowest BCUT2D eigenvalue weighted by Crippen LogP contribution is -2.31. The zero-order valence-corrected chi connectivity index (χ0v) is 12.5. The molecule has 8 heteroatoms. The number of alkyl halides is 3. The van der Waals surface area contributed by atoms with Crippen molar-refractivity contribution < 1.29 is 22.8 Å². The molecule has 2 aromatic rings. The van der Waals surface area contributed by atoms with E-state index in [0.29, 0.717) is 16.5 Å². The quantitative estimate of drug-likeness (QED) is 0.848. The van der Waals surface area contributed by atoms with Gasteiger partial charge in [0.1, 0.15) is 6.04 Å². The van der Waals surface area contributed by atoms with Crippen LogP contribution in [0.3, 0.4) is 0 Å². The van der Waals surface area contributed by atoms with Gasteiger partial charge in [0.05, 0.1) is 22.9 Å². The number of anilines is 1. The van der Waals surface area contributed by atoms with Gasteiger partial charge in [0.25, 0.3) is 5.91 Å². The molecule has 2 aromatic carbocycles. The molecule has 1 atom stereocenters. The second-order valence-corrected chi connectivity index (χ2v) is 5.31. The molecular formula is C17H10F3N3O2. The van der Waals surface area contributed by atoms with Crippen molar-refractivity contribution in [3.05, 3.63) is 65.2 Å². The van der Waals surface area contributed by atoms with Gasteiger partial charge in [-0.2, -0.15) is 18.4 Å². The van der Waals surface area contributed by atoms with E-state index in [-0.39, 0.29) is 5.69 Å². The van der Waals surface area contributed by atoms with Crippen molar-refractivity contribution in [2.75, 3.05) is 4.90 Å². The van der Waals surface area contributed by atoms with Crippen LogP contribution in [0.4, 0.5) is 23.7 Å². The van der Waals surface area contributed by atoms with Crippen LogP contribution in [0.25, 0.3) is 0 Å². The molecule has 1 N–H and O–H groups in total. The van der Waals surface area contributed by atoms with E-state index in [4.69, 9.17) is 5.26 Å². The third-order valence-corrected chi connectivity index (χ3v) is 3.76. The fraction of sp³-hybridized carbons (Fsp3) is 0.118. The van der Waals surface area contributed by atoms with Crippen molar-refractivity contribution in [2.24, 2.45) is 0 Å². The minimum Gasteiger partial charge on any atom is -0.321 e. The summed E-state index contributed by atoms with van der Waals surface area (Å²) in [7, 11) is 0. The van der Waals surface area contributed by atoms with E-state index < -0.39 is 35.3 Å². The average molecular weight is 345 g/mol. The number of rotatable bonds is 2. The van der Waals surface area contributed by atoms with Crippen molar-refractivity contribution in [1.82, 2.24) is 5.32 Å². The highest BCUT2D eigenvalue weighted by atomic mass is 19.4. The summed E-state index contributed by atoms with van der Waals surface area (Å²) in [5.41, 5.74) is -1.50. The summed E-state index contributed by atoms with van der Waals surface area (Å²) in [5.74, 6) is -0.686. The van der Waals surface area contributed by atoms with Gasteiger partial charge in [0, 0.05) is 0 Å². The lowest BCUT2D eigenvalue weighted by Gasteiger charge is -2.16. The summed E-state index contributed by atoms with van der Waals surface area (Å²) in [6.07, 6.45) is -4.78. The van der Waals surface area contributed by atoms with Crippen molar-refractivity contribution in [2.45, 2.75) is 12.2 Å². The van der Waals surface area contributed by atoms with Crippen LogP contribution in [0.1, 0.15) is 22.7 Å². The van der Waals surface area contributed by atoms with Gasteiger partial charge in [-0.05, 0) is 23.8 Å². The average Bonchev–Trinajstić information content (AvgIpc) is 2.89. The SMILES string of the molecule is N#Cc1ccc(N2C(=O)NC(c3ccccc3)C2=O)cc1C(F)(F)F. The largest absolute Gasteiger partial charge is 0.417 e. The molecule has 126 valence electrons. The molecule has 0 saturated carbocycles. The summed E-state index contributed by atoms with van der Waals surface area (Å²) in [5, 5.41) is 11.3. The predicted octanol–water partition coefficient (Wildman–Crippen LogP) is 3.37. The van der Waals surface area contributed by atoms with E-state index in [1.54, 1.807) is 30.3 Å². The molecule has 3 rings (SSSR count). The van der Waals surface area contributed by atoms with E-state index in [2.05, 4.69) is 5.32 Å². The molecule has 25 heavy (non-hydrogen) atoms. The van der Waals surface area contributed by atoms with Crippen LogP contribution in [0, 0.1) is 11.3 Å². The number of halogens is 3. The molecule has 1 heterocycles. The first-order valence-electron chi connectivity index (χ1n) is 7.13. The number of hydrogen-bond donors (Lipinski definition) is 1. The molecule has 1 saturated heterocycles. The molecule has 1 aliphatic heterocycles. The van der Waals surface area contributed by atoms with Gasteiger partial charge < -0.3 is 5.32 Å². The maximum Gasteiger partial charge on any atom is 0.417 e. The summed E-state index contributed by atoms with van der Waals surface area (Å²) in [6, 6.07) is 10.7. The zero-order chi connectivity index (χ0) is 18.2. The highest BCUT2D eigenvalue weighted by Gasteiger charge is 2.41. The van der Waals surface area contributed by atoms with E-state index >= 15 is 0 Å². The Morgan fingerprint density at radius 3 is 2.36 bits per heavy atom. The maximum atomic E-state index is 13.1. The molecule has 5 nitrogen and oxygen atoms in total. The third kappa shape index (κ3) is 2.92. The monoisotopic (exact) mass is 345 g/mol. The van der Waals surface area contributed by atoms with Gasteiger partial charge in [-0.3, -0.25) is 4.79 Å². The summed E-state index contributed by atoms with van der Waals surface area (Å²) in [6.45, 7) is 0. The fourth-order valence-electron chi connectivity index (χ4n) is 2.60. The molecule has 0 bridgehead atoms. The second-order valence-electron chi connectivity index (χ2n) is 5.31. The topological polar surface area (TPSA) is 73.2 Å². The fourth-order valence-corrected chi connectivity index (χ4v) is 2.60. The van der Waals surface area contributed by atoms with Gasteiger partial charge >= 0.3 is 12.2 Å². The van der Waals surface area contributed by atoms with Crippen LogP contribution in [0.2, 0.25) is 0 Å². The number of benzene rings is 2. The Hall–Kier alpha value is -3.34. The molecule has 1 aliphatic rings. The molecular weight excluding hydrogens is 335 g/mol. The number of nitrogens with one attached hydrogen (secondary N) is 1. The van der Waals surface area contributed by atoms with Gasteiger partial charge in [-0.25, -0.2) is 9.69 Å². The smallest absolute Gasteiger partial charge is 0.321 e. The molecule has 0 radical (unpaired) electrons. The summed E-state index contributed by atoms with van der Waals surface area (Å²) >= 11 is 0. The van der Waals surface area contributed by atoms with E-state index in [9.17, 15) is 22.8 Å². The lowest BCUT2D eigenvalue weighted by molar-refractivity contribution is -0.137. The predicted molar refractivity (Wildman–Crippen MR) is 81.4 cm³/mol. The van der Waals surface area contributed by atoms with Gasteiger partial charge in [0.15, 0.2) is 0 Å². The van der Waals surface area contributed by atoms with Crippen LogP contribution in [0.5, 0.6) is 0 Å². The Morgan fingerprint density at radius 1 is 1.08 bits per heavy atom. The number of amides is 3. The number of nitriles is 1. The van der Waals surface area contributed by atoms with Crippen molar-refractivity contribution >= 4 is 17.6 Å². The Balaban J connectivity index is 2.01. The Morgan fingerprint density at radius 2 is 1.76 bits per heavy atom. The minimum atomic E-state index is -4.78. The molecule has 0 aromatic heterocycles. The first kappa shape index (κ1) is 16.5. The Kier molecular flexibility index (Phi) is 3.93. The Labute approximate surface area is 140 Å². The minimum absolute atomic E-state index is 0.243. The standard InChI is InChI=1S/C17H10F3N3O2/c18-17(19,20)13-8-12(7-6-11(13)9-21)23-15(24)14(22-16(23)25)10-4-2-1-3-5-10/h1-8,14H,(H,22,25). The van der Waals surface area contributed by atoms with Crippen LogP contribution in [0.15, 0.2) is 48.5 Å². The number of carbonyl (C=O) groups excluding carboxylic acids is 2. The van der Waals surface area contributed by atoms with E-state index in [1.165, 1.54) is 6.07 Å². The number of nitrogens with zero attached hydrogens (tertiary/aromatic N) is 2. The van der Waals surface area contributed by atoms with Crippen LogP contribution in [-0.4, -0.2) is 11.9 Å². The van der Waals surface area contributed by atoms with Gasteiger partial charge in [0.2, 0.25) is 0 Å². The number of urea groups is 1. The third-order valence-electron chi connectivity index (χ3n) is 3.76. The summed E-state index contributed by atoms with van der Waals surface area (Å²) < 4.78 is 39.2. The zero-order valence-electron chi connectivity index (χ0n) is 12.5. The van der Waals surface area contributed by atoms with Gasteiger partial charge in [-0.15, -0.1) is 0 Å². The molecule has 0 spiro atoms. The van der Waals surface area contributed by atoms with E-state index in [0.717, 1.165) is 12.1 Å². The highest BCUT2D eigenvalue weighted by Crippen LogP contribution is 2.36. The number of carbonyl (C=O) groups is 2. The first-order valence-corrected chi connectivity index (χ1v) is 7.13. The maximum absolute atomic E-state index is 13.1. The first-order chi connectivity index (χ1) is 11.8. The summed E-state index contributed by atoms with van der Waals surface area (Å²) in [4.78, 5) is 25.3. The van der Waals surface area contributed by atoms with Crippen LogP contribution in [-0.2, 0) is 11.0 Å². The van der Waals surface area contributed by atoms with Crippen molar-refractivity contribution in [1.29, 1.82) is 5.26 Å². The molecule has 0 aliphatic carbocycles.